The smallest absolute Gasteiger partial charge is 0.260 e. The van der Waals surface area contributed by atoms with E-state index in [9.17, 15) is 4.79 Å². The van der Waals surface area contributed by atoms with Crippen molar-refractivity contribution in [3.05, 3.63) is 59.9 Å². The molecule has 1 amide bonds. The Balaban J connectivity index is 1.81. The van der Waals surface area contributed by atoms with E-state index < -0.39 is 0 Å². The molecule has 0 spiro atoms. The van der Waals surface area contributed by atoms with Crippen molar-refractivity contribution in [3.8, 4) is 0 Å². The predicted molar refractivity (Wildman–Crippen MR) is 77.9 cm³/mol. The lowest BCUT2D eigenvalue weighted by atomic mass is 10.1. The molecule has 1 aliphatic rings. The zero-order valence-corrected chi connectivity index (χ0v) is 10.8. The third-order valence-corrected chi connectivity index (χ3v) is 3.81. The zero-order chi connectivity index (χ0) is 13.5. The number of benzene rings is 2. The maximum Gasteiger partial charge on any atom is 0.260 e. The van der Waals surface area contributed by atoms with Crippen LogP contribution in [0.15, 0.2) is 48.8 Å². The first kappa shape index (κ1) is 11.2. The van der Waals surface area contributed by atoms with Crippen LogP contribution in [0.1, 0.15) is 15.9 Å². The fourth-order valence-electron chi connectivity index (χ4n) is 2.83. The molecular formula is C16H13N3O. The van der Waals surface area contributed by atoms with Gasteiger partial charge in [0.1, 0.15) is 5.52 Å². The quantitative estimate of drug-likeness (QED) is 0.734. The molecule has 0 bridgehead atoms. The third-order valence-electron chi connectivity index (χ3n) is 3.81. The number of nitrogens with zero attached hydrogens (tertiary/aromatic N) is 2. The van der Waals surface area contributed by atoms with Crippen LogP contribution in [-0.4, -0.2) is 22.4 Å². The fraction of sp³-hybridized carbons (Fsp3) is 0.125. The topological polar surface area (TPSA) is 49.0 Å². The number of aromatic nitrogens is 2. The number of anilines is 1. The maximum absolute atomic E-state index is 12.8. The second kappa shape index (κ2) is 4.20. The van der Waals surface area contributed by atoms with Crippen molar-refractivity contribution in [1.82, 2.24) is 9.97 Å². The Kier molecular flexibility index (Phi) is 2.36. The Morgan fingerprint density at radius 3 is 3.00 bits per heavy atom. The van der Waals surface area contributed by atoms with Gasteiger partial charge >= 0.3 is 0 Å². The van der Waals surface area contributed by atoms with Gasteiger partial charge < -0.3 is 9.88 Å². The molecule has 0 saturated heterocycles. The Labute approximate surface area is 116 Å². The summed E-state index contributed by atoms with van der Waals surface area (Å²) in [5.74, 6) is 0.0210. The minimum Gasteiger partial charge on any atom is -0.345 e. The summed E-state index contributed by atoms with van der Waals surface area (Å²) in [7, 11) is 0. The minimum absolute atomic E-state index is 0.0210. The SMILES string of the molecule is O=C(c1cccc2[nH]cnc12)N1CCc2ccccc21. The van der Waals surface area contributed by atoms with Crippen LogP contribution < -0.4 is 4.90 Å². The molecular weight excluding hydrogens is 250 g/mol. The third kappa shape index (κ3) is 1.54. The molecule has 0 atom stereocenters. The number of fused-ring (bicyclic) bond motifs is 2. The van der Waals surface area contributed by atoms with Gasteiger partial charge in [0, 0.05) is 12.2 Å². The molecule has 0 radical (unpaired) electrons. The number of carbonyl (C=O) groups excluding carboxylic acids is 1. The molecule has 4 heteroatoms. The summed E-state index contributed by atoms with van der Waals surface area (Å²) in [6, 6.07) is 13.7. The molecule has 4 nitrogen and oxygen atoms in total. The van der Waals surface area contributed by atoms with Crippen molar-refractivity contribution < 1.29 is 4.79 Å². The molecule has 4 rings (SSSR count). The summed E-state index contributed by atoms with van der Waals surface area (Å²) in [5.41, 5.74) is 4.53. The van der Waals surface area contributed by atoms with Gasteiger partial charge in [0.2, 0.25) is 0 Å². The molecule has 1 aliphatic heterocycles. The molecule has 98 valence electrons. The van der Waals surface area contributed by atoms with Crippen molar-refractivity contribution in [1.29, 1.82) is 0 Å². The number of nitrogens with one attached hydrogen (secondary N) is 1. The van der Waals surface area contributed by atoms with E-state index in [-0.39, 0.29) is 5.91 Å². The molecule has 2 aromatic carbocycles. The van der Waals surface area contributed by atoms with E-state index in [1.54, 1.807) is 6.33 Å². The van der Waals surface area contributed by atoms with E-state index in [1.165, 1.54) is 5.56 Å². The molecule has 0 aliphatic carbocycles. The second-order valence-corrected chi connectivity index (χ2v) is 4.94. The lowest BCUT2D eigenvalue weighted by molar-refractivity contribution is 0.0991. The van der Waals surface area contributed by atoms with Gasteiger partial charge in [-0.1, -0.05) is 24.3 Å². The van der Waals surface area contributed by atoms with Gasteiger partial charge in [-0.15, -0.1) is 0 Å². The van der Waals surface area contributed by atoms with Crippen LogP contribution in [0.5, 0.6) is 0 Å². The first-order chi connectivity index (χ1) is 9.84. The summed E-state index contributed by atoms with van der Waals surface area (Å²) >= 11 is 0. The molecule has 0 fully saturated rings. The van der Waals surface area contributed by atoms with Crippen LogP contribution in [-0.2, 0) is 6.42 Å². The molecule has 3 aromatic rings. The lowest BCUT2D eigenvalue weighted by Gasteiger charge is -2.17. The van der Waals surface area contributed by atoms with E-state index in [4.69, 9.17) is 0 Å². The molecule has 1 N–H and O–H groups in total. The summed E-state index contributed by atoms with van der Waals surface area (Å²) < 4.78 is 0. The highest BCUT2D eigenvalue weighted by molar-refractivity contribution is 6.13. The van der Waals surface area contributed by atoms with E-state index in [1.807, 2.05) is 41.3 Å². The summed E-state index contributed by atoms with van der Waals surface area (Å²) in [5, 5.41) is 0. The van der Waals surface area contributed by atoms with Crippen LogP contribution in [0.25, 0.3) is 11.0 Å². The van der Waals surface area contributed by atoms with E-state index in [2.05, 4.69) is 16.0 Å². The predicted octanol–water partition coefficient (Wildman–Crippen LogP) is 2.77. The summed E-state index contributed by atoms with van der Waals surface area (Å²) in [4.78, 5) is 21.9. The van der Waals surface area contributed by atoms with Gasteiger partial charge in [-0.05, 0) is 30.2 Å². The van der Waals surface area contributed by atoms with Gasteiger partial charge in [0.25, 0.3) is 5.91 Å². The summed E-state index contributed by atoms with van der Waals surface area (Å²) in [6.07, 6.45) is 2.54. The number of H-pyrrole nitrogens is 1. The fourth-order valence-corrected chi connectivity index (χ4v) is 2.83. The van der Waals surface area contributed by atoms with Crippen LogP contribution in [0, 0.1) is 0 Å². The van der Waals surface area contributed by atoms with Crippen LogP contribution in [0.4, 0.5) is 5.69 Å². The molecule has 20 heavy (non-hydrogen) atoms. The van der Waals surface area contributed by atoms with Crippen molar-refractivity contribution >= 4 is 22.6 Å². The Morgan fingerprint density at radius 2 is 2.05 bits per heavy atom. The maximum atomic E-state index is 12.8. The van der Waals surface area contributed by atoms with Crippen LogP contribution in [0.3, 0.4) is 0 Å². The zero-order valence-electron chi connectivity index (χ0n) is 10.8. The number of aromatic amines is 1. The normalized spacial score (nSPS) is 13.7. The number of hydrogen-bond donors (Lipinski definition) is 1. The van der Waals surface area contributed by atoms with Crippen molar-refractivity contribution in [2.24, 2.45) is 0 Å². The van der Waals surface area contributed by atoms with Gasteiger partial charge in [0.15, 0.2) is 0 Å². The van der Waals surface area contributed by atoms with Gasteiger partial charge in [-0.2, -0.15) is 0 Å². The Hall–Kier alpha value is -2.62. The van der Waals surface area contributed by atoms with Gasteiger partial charge in [-0.25, -0.2) is 4.98 Å². The average molecular weight is 263 g/mol. The highest BCUT2D eigenvalue weighted by Gasteiger charge is 2.26. The number of imidazole rings is 1. The average Bonchev–Trinajstić information content (AvgIpc) is 3.12. The monoisotopic (exact) mass is 263 g/mol. The highest BCUT2D eigenvalue weighted by Crippen LogP contribution is 2.29. The van der Waals surface area contributed by atoms with Crippen molar-refractivity contribution in [2.45, 2.75) is 6.42 Å². The van der Waals surface area contributed by atoms with E-state index in [0.717, 1.165) is 29.7 Å². The Bertz CT molecular complexity index is 806. The largest absolute Gasteiger partial charge is 0.345 e. The summed E-state index contributed by atoms with van der Waals surface area (Å²) in [6.45, 7) is 0.735. The van der Waals surface area contributed by atoms with Gasteiger partial charge in [-0.3, -0.25) is 4.79 Å². The van der Waals surface area contributed by atoms with Crippen LogP contribution >= 0.6 is 0 Å². The second-order valence-electron chi connectivity index (χ2n) is 4.94. The van der Waals surface area contributed by atoms with E-state index >= 15 is 0 Å². The number of amides is 1. The number of para-hydroxylation sites is 2. The molecule has 0 unspecified atom stereocenters. The number of rotatable bonds is 1. The number of hydrogen-bond acceptors (Lipinski definition) is 2. The molecule has 2 heterocycles. The standard InChI is InChI=1S/C16H13N3O/c20-16(12-5-3-6-13-15(12)18-10-17-13)19-9-8-11-4-1-2-7-14(11)19/h1-7,10H,8-9H2,(H,17,18). The first-order valence-corrected chi connectivity index (χ1v) is 6.66. The Morgan fingerprint density at radius 1 is 1.15 bits per heavy atom. The van der Waals surface area contributed by atoms with Crippen molar-refractivity contribution in [2.75, 3.05) is 11.4 Å². The van der Waals surface area contributed by atoms with Crippen molar-refractivity contribution in [3.63, 3.8) is 0 Å². The molecule has 1 aromatic heterocycles. The number of carbonyl (C=O) groups is 1. The first-order valence-electron chi connectivity index (χ1n) is 6.66. The van der Waals surface area contributed by atoms with E-state index in [0.29, 0.717) is 5.56 Å². The molecule has 0 saturated carbocycles. The lowest BCUT2D eigenvalue weighted by Crippen LogP contribution is -2.29. The highest BCUT2D eigenvalue weighted by atomic mass is 16.2. The van der Waals surface area contributed by atoms with Gasteiger partial charge in [0.05, 0.1) is 17.4 Å². The van der Waals surface area contributed by atoms with Crippen LogP contribution in [0.2, 0.25) is 0 Å². The minimum atomic E-state index is 0.0210.